The number of hydrogen-bond donors (Lipinski definition) is 2. The number of aliphatic hydroxyl groups excluding tert-OH is 1. The molecule has 2 N–H and O–H groups in total. The molecule has 0 radical (unpaired) electrons. The summed E-state index contributed by atoms with van der Waals surface area (Å²) in [6.07, 6.45) is 2.33. The first kappa shape index (κ1) is 17.9. The normalized spacial score (nSPS) is 10.3. The summed E-state index contributed by atoms with van der Waals surface area (Å²) in [4.78, 5) is 24.4. The molecule has 0 fully saturated rings. The third kappa shape index (κ3) is 5.00. The number of amides is 2. The van der Waals surface area contributed by atoms with E-state index < -0.39 is 4.92 Å². The molecule has 0 atom stereocenters. The highest BCUT2D eigenvalue weighted by atomic mass is 16.6. The lowest BCUT2D eigenvalue weighted by Gasteiger charge is -2.23. The highest BCUT2D eigenvalue weighted by Gasteiger charge is 2.17. The van der Waals surface area contributed by atoms with E-state index in [4.69, 9.17) is 5.11 Å². The van der Waals surface area contributed by atoms with Gasteiger partial charge in [-0.25, -0.2) is 4.79 Å². The smallest absolute Gasteiger partial charge is 0.321 e. The Morgan fingerprint density at radius 2 is 2.05 bits per heavy atom. The van der Waals surface area contributed by atoms with Gasteiger partial charge in [0.25, 0.3) is 5.69 Å². The lowest BCUT2D eigenvalue weighted by atomic mass is 10.1. The van der Waals surface area contributed by atoms with Gasteiger partial charge in [0.05, 0.1) is 16.2 Å². The van der Waals surface area contributed by atoms with Crippen LogP contribution >= 0.6 is 0 Å². The van der Waals surface area contributed by atoms with E-state index in [1.807, 2.05) is 6.92 Å². The number of hydrogen-bond acceptors (Lipinski definition) is 4. The molecular formula is C15H23N3O4. The van der Waals surface area contributed by atoms with Crippen LogP contribution in [-0.2, 0) is 0 Å². The van der Waals surface area contributed by atoms with Crippen molar-refractivity contribution < 1.29 is 14.8 Å². The summed E-state index contributed by atoms with van der Waals surface area (Å²) in [5.74, 6) is 0. The standard InChI is InChI=1S/C15H23N3O4/c1-3-4-9-17(10-6-11-19)15(20)16-13-7-5-8-14(12(13)2)18(21)22/h5,7-8,19H,3-4,6,9-11H2,1-2H3,(H,16,20). The molecule has 0 unspecified atom stereocenters. The molecule has 0 aliphatic rings. The zero-order chi connectivity index (χ0) is 16.5. The summed E-state index contributed by atoms with van der Waals surface area (Å²) in [5, 5.41) is 22.6. The molecular weight excluding hydrogens is 286 g/mol. The second-order valence-corrected chi connectivity index (χ2v) is 5.05. The van der Waals surface area contributed by atoms with Crippen LogP contribution in [0.2, 0.25) is 0 Å². The quantitative estimate of drug-likeness (QED) is 0.570. The Kier molecular flexibility index (Phi) is 7.31. The van der Waals surface area contributed by atoms with Gasteiger partial charge in [0.2, 0.25) is 0 Å². The van der Waals surface area contributed by atoms with Gasteiger partial charge >= 0.3 is 6.03 Å². The molecule has 0 aliphatic heterocycles. The van der Waals surface area contributed by atoms with Crippen LogP contribution in [0.1, 0.15) is 31.7 Å². The highest BCUT2D eigenvalue weighted by Crippen LogP contribution is 2.25. The van der Waals surface area contributed by atoms with Gasteiger partial charge < -0.3 is 15.3 Å². The summed E-state index contributed by atoms with van der Waals surface area (Å²) in [6.45, 7) is 4.71. The Labute approximate surface area is 130 Å². The molecule has 7 nitrogen and oxygen atoms in total. The monoisotopic (exact) mass is 309 g/mol. The van der Waals surface area contributed by atoms with E-state index in [0.29, 0.717) is 30.8 Å². The zero-order valence-electron chi connectivity index (χ0n) is 13.0. The van der Waals surface area contributed by atoms with Crippen LogP contribution < -0.4 is 5.32 Å². The van der Waals surface area contributed by atoms with Gasteiger partial charge in [-0.1, -0.05) is 19.4 Å². The first-order valence-corrected chi connectivity index (χ1v) is 7.42. The van der Waals surface area contributed by atoms with E-state index in [-0.39, 0.29) is 18.3 Å². The second-order valence-electron chi connectivity index (χ2n) is 5.05. The summed E-state index contributed by atoms with van der Waals surface area (Å²) in [5.41, 5.74) is 0.844. The number of anilines is 1. The number of nitrogens with one attached hydrogen (secondary N) is 1. The van der Waals surface area contributed by atoms with Gasteiger partial charge in [-0.3, -0.25) is 10.1 Å². The van der Waals surface area contributed by atoms with Crippen LogP contribution in [0.25, 0.3) is 0 Å². The fourth-order valence-electron chi connectivity index (χ4n) is 2.08. The largest absolute Gasteiger partial charge is 0.396 e. The second kappa shape index (κ2) is 8.99. The molecule has 7 heteroatoms. The van der Waals surface area contributed by atoms with Crippen molar-refractivity contribution in [1.82, 2.24) is 4.90 Å². The predicted octanol–water partition coefficient (Wildman–Crippen LogP) is 2.92. The van der Waals surface area contributed by atoms with Crippen molar-refractivity contribution in [3.8, 4) is 0 Å². The van der Waals surface area contributed by atoms with Crippen molar-refractivity contribution in [3.05, 3.63) is 33.9 Å². The Morgan fingerprint density at radius 1 is 1.36 bits per heavy atom. The van der Waals surface area contributed by atoms with E-state index in [1.54, 1.807) is 24.0 Å². The molecule has 0 aliphatic carbocycles. The fourth-order valence-corrected chi connectivity index (χ4v) is 2.08. The minimum atomic E-state index is -0.467. The minimum absolute atomic E-state index is 0.0196. The highest BCUT2D eigenvalue weighted by molar-refractivity contribution is 5.90. The molecule has 2 amide bonds. The Bertz CT molecular complexity index is 512. The van der Waals surface area contributed by atoms with Gasteiger partial charge in [-0.05, 0) is 25.8 Å². The topological polar surface area (TPSA) is 95.7 Å². The number of carbonyl (C=O) groups excluding carboxylic acids is 1. The maximum absolute atomic E-state index is 12.3. The maximum atomic E-state index is 12.3. The molecule has 0 aromatic heterocycles. The average molecular weight is 309 g/mol. The third-order valence-corrected chi connectivity index (χ3v) is 3.40. The van der Waals surface area contributed by atoms with Gasteiger partial charge in [-0.2, -0.15) is 0 Å². The van der Waals surface area contributed by atoms with Crippen LogP contribution in [0.3, 0.4) is 0 Å². The van der Waals surface area contributed by atoms with E-state index >= 15 is 0 Å². The number of nitrogens with zero attached hydrogens (tertiary/aromatic N) is 2. The van der Waals surface area contributed by atoms with Crippen molar-refractivity contribution in [2.75, 3.05) is 25.0 Å². The van der Waals surface area contributed by atoms with Gasteiger partial charge in [-0.15, -0.1) is 0 Å². The van der Waals surface area contributed by atoms with Crippen LogP contribution in [0, 0.1) is 17.0 Å². The number of unbranched alkanes of at least 4 members (excludes halogenated alkanes) is 1. The van der Waals surface area contributed by atoms with Crippen LogP contribution in [-0.4, -0.2) is 40.7 Å². The summed E-state index contributed by atoms with van der Waals surface area (Å²) >= 11 is 0. The number of benzene rings is 1. The molecule has 0 saturated heterocycles. The van der Waals surface area contributed by atoms with Crippen molar-refractivity contribution in [3.63, 3.8) is 0 Å². The predicted molar refractivity (Wildman–Crippen MR) is 85.0 cm³/mol. The number of rotatable bonds is 8. The first-order chi connectivity index (χ1) is 10.5. The van der Waals surface area contributed by atoms with E-state index in [0.717, 1.165) is 12.8 Å². The maximum Gasteiger partial charge on any atom is 0.321 e. The van der Waals surface area contributed by atoms with Crippen molar-refractivity contribution >= 4 is 17.4 Å². The lowest BCUT2D eigenvalue weighted by molar-refractivity contribution is -0.385. The molecule has 1 aromatic carbocycles. The molecule has 22 heavy (non-hydrogen) atoms. The average Bonchev–Trinajstić information content (AvgIpc) is 2.49. The van der Waals surface area contributed by atoms with Crippen molar-refractivity contribution in [2.45, 2.75) is 33.1 Å². The molecule has 1 aromatic rings. The Balaban J connectivity index is 2.84. The number of aliphatic hydroxyl groups is 1. The molecule has 0 bridgehead atoms. The van der Waals surface area contributed by atoms with Crippen LogP contribution in [0.15, 0.2) is 18.2 Å². The molecule has 1 rings (SSSR count). The molecule has 0 saturated carbocycles. The number of nitro groups is 1. The van der Waals surface area contributed by atoms with Gasteiger partial charge in [0.15, 0.2) is 0 Å². The van der Waals surface area contributed by atoms with E-state index in [9.17, 15) is 14.9 Å². The van der Waals surface area contributed by atoms with Crippen LogP contribution in [0.4, 0.5) is 16.2 Å². The lowest BCUT2D eigenvalue weighted by Crippen LogP contribution is -2.37. The number of carbonyl (C=O) groups is 1. The number of urea groups is 1. The summed E-state index contributed by atoms with van der Waals surface area (Å²) < 4.78 is 0. The van der Waals surface area contributed by atoms with Gasteiger partial charge in [0.1, 0.15) is 0 Å². The third-order valence-electron chi connectivity index (χ3n) is 3.40. The fraction of sp³-hybridized carbons (Fsp3) is 0.533. The van der Waals surface area contributed by atoms with Gasteiger partial charge in [0, 0.05) is 25.8 Å². The SMILES string of the molecule is CCCCN(CCCO)C(=O)Nc1cccc([N+](=O)[O-])c1C. The van der Waals surface area contributed by atoms with Crippen LogP contribution in [0.5, 0.6) is 0 Å². The van der Waals surface area contributed by atoms with E-state index in [1.165, 1.54) is 6.07 Å². The Hall–Kier alpha value is -2.15. The van der Waals surface area contributed by atoms with Crippen molar-refractivity contribution in [1.29, 1.82) is 0 Å². The zero-order valence-corrected chi connectivity index (χ0v) is 13.0. The first-order valence-electron chi connectivity index (χ1n) is 7.42. The molecule has 0 heterocycles. The summed E-state index contributed by atoms with van der Waals surface area (Å²) in [6, 6.07) is 4.30. The molecule has 122 valence electrons. The van der Waals surface area contributed by atoms with E-state index in [2.05, 4.69) is 5.32 Å². The molecule has 0 spiro atoms. The minimum Gasteiger partial charge on any atom is -0.396 e. The Morgan fingerprint density at radius 3 is 2.64 bits per heavy atom. The summed E-state index contributed by atoms with van der Waals surface area (Å²) in [7, 11) is 0. The number of nitro benzene ring substituents is 1. The van der Waals surface area contributed by atoms with Crippen molar-refractivity contribution in [2.24, 2.45) is 0 Å².